The van der Waals surface area contributed by atoms with Gasteiger partial charge in [0.1, 0.15) is 0 Å². The maximum atomic E-state index is 12.0. The number of Topliss-reactive ketones (excluding diaryl/α,β-unsaturated/α-hetero) is 1. The number of fused-ring (bicyclic) bond motifs is 1. The fourth-order valence-electron chi connectivity index (χ4n) is 1.60. The first kappa shape index (κ1) is 10.3. The molecule has 0 saturated carbocycles. The lowest BCUT2D eigenvalue weighted by Crippen LogP contribution is -2.12. The van der Waals surface area contributed by atoms with Crippen molar-refractivity contribution in [2.24, 2.45) is 0 Å². The number of ketones is 1. The van der Waals surface area contributed by atoms with E-state index >= 15 is 0 Å². The lowest BCUT2D eigenvalue weighted by atomic mass is 10.1. The number of hydrogen-bond donors (Lipinski definition) is 1. The van der Waals surface area contributed by atoms with E-state index in [4.69, 9.17) is 0 Å². The molecule has 0 fully saturated rings. The molecule has 1 N–H and O–H groups in total. The molecule has 1 aromatic carbocycles. The lowest BCUT2D eigenvalue weighted by Gasteiger charge is -2.05. The van der Waals surface area contributed by atoms with Crippen LogP contribution in [-0.2, 0) is 0 Å². The third-order valence-corrected chi connectivity index (χ3v) is 3.50. The standard InChI is InChI=1S/C12H13NOS/c1-8(15-2)12(14)10-7-13-11-6-4-3-5-9(10)11/h3-8,13H,1-2H3. The van der Waals surface area contributed by atoms with Gasteiger partial charge in [-0.15, -0.1) is 0 Å². The van der Waals surface area contributed by atoms with Crippen LogP contribution in [0.1, 0.15) is 17.3 Å². The minimum absolute atomic E-state index is 0.0178. The molecule has 78 valence electrons. The molecule has 3 heteroatoms. The highest BCUT2D eigenvalue weighted by atomic mass is 32.2. The molecular weight excluding hydrogens is 206 g/mol. The number of hydrogen-bond acceptors (Lipinski definition) is 2. The molecule has 1 atom stereocenters. The molecule has 0 amide bonds. The van der Waals surface area contributed by atoms with Crippen molar-refractivity contribution in [1.82, 2.24) is 4.98 Å². The normalized spacial score (nSPS) is 12.9. The molecule has 0 aliphatic carbocycles. The smallest absolute Gasteiger partial charge is 0.177 e. The maximum absolute atomic E-state index is 12.0. The maximum Gasteiger partial charge on any atom is 0.177 e. The number of carbonyl (C=O) groups is 1. The molecule has 1 heterocycles. The van der Waals surface area contributed by atoms with E-state index in [-0.39, 0.29) is 11.0 Å². The second-order valence-corrected chi connectivity index (χ2v) is 4.67. The van der Waals surface area contributed by atoms with Gasteiger partial charge in [0.15, 0.2) is 5.78 Å². The van der Waals surface area contributed by atoms with Crippen LogP contribution < -0.4 is 0 Å². The summed E-state index contributed by atoms with van der Waals surface area (Å²) in [7, 11) is 0. The summed E-state index contributed by atoms with van der Waals surface area (Å²) in [6.45, 7) is 1.94. The first-order valence-electron chi connectivity index (χ1n) is 4.87. The lowest BCUT2D eigenvalue weighted by molar-refractivity contribution is 0.0995. The van der Waals surface area contributed by atoms with Gasteiger partial charge in [0.25, 0.3) is 0 Å². The summed E-state index contributed by atoms with van der Waals surface area (Å²) in [4.78, 5) is 15.1. The van der Waals surface area contributed by atoms with Crippen molar-refractivity contribution in [1.29, 1.82) is 0 Å². The number of nitrogens with one attached hydrogen (secondary N) is 1. The Morgan fingerprint density at radius 1 is 1.40 bits per heavy atom. The van der Waals surface area contributed by atoms with Crippen LogP contribution in [0.3, 0.4) is 0 Å². The third kappa shape index (κ3) is 1.79. The second-order valence-electron chi connectivity index (χ2n) is 3.49. The molecular formula is C12H13NOS. The average Bonchev–Trinajstić information content (AvgIpc) is 2.70. The van der Waals surface area contributed by atoms with Gasteiger partial charge in [0, 0.05) is 22.7 Å². The summed E-state index contributed by atoms with van der Waals surface area (Å²) in [6, 6.07) is 7.88. The zero-order valence-corrected chi connectivity index (χ0v) is 9.60. The third-order valence-electron chi connectivity index (χ3n) is 2.58. The number of H-pyrrole nitrogens is 1. The van der Waals surface area contributed by atoms with Crippen molar-refractivity contribution in [2.45, 2.75) is 12.2 Å². The Morgan fingerprint density at radius 3 is 2.87 bits per heavy atom. The molecule has 2 rings (SSSR count). The molecule has 1 unspecified atom stereocenters. The Kier molecular flexibility index (Phi) is 2.82. The van der Waals surface area contributed by atoms with Gasteiger partial charge in [-0.2, -0.15) is 11.8 Å². The van der Waals surface area contributed by atoms with Crippen molar-refractivity contribution in [2.75, 3.05) is 6.26 Å². The van der Waals surface area contributed by atoms with Crippen LogP contribution in [0.2, 0.25) is 0 Å². The largest absolute Gasteiger partial charge is 0.360 e. The minimum Gasteiger partial charge on any atom is -0.360 e. The summed E-state index contributed by atoms with van der Waals surface area (Å²) < 4.78 is 0. The van der Waals surface area contributed by atoms with Crippen LogP contribution in [-0.4, -0.2) is 22.3 Å². The Bertz CT molecular complexity index is 489. The average molecular weight is 219 g/mol. The topological polar surface area (TPSA) is 32.9 Å². The van der Waals surface area contributed by atoms with E-state index in [1.165, 1.54) is 0 Å². The van der Waals surface area contributed by atoms with Gasteiger partial charge in [-0.3, -0.25) is 4.79 Å². The Balaban J connectivity index is 2.48. The SMILES string of the molecule is CSC(C)C(=O)c1c[nH]c2ccccc12. The monoisotopic (exact) mass is 219 g/mol. The van der Waals surface area contributed by atoms with Crippen LogP contribution in [0, 0.1) is 0 Å². The van der Waals surface area contributed by atoms with Crippen molar-refractivity contribution in [3.63, 3.8) is 0 Å². The highest BCUT2D eigenvalue weighted by Gasteiger charge is 2.17. The van der Waals surface area contributed by atoms with Gasteiger partial charge in [0.2, 0.25) is 0 Å². The molecule has 0 aliphatic heterocycles. The number of aromatic amines is 1. The number of benzene rings is 1. The molecule has 15 heavy (non-hydrogen) atoms. The second kappa shape index (κ2) is 4.11. The molecule has 1 aromatic heterocycles. The summed E-state index contributed by atoms with van der Waals surface area (Å²) in [6.07, 6.45) is 3.76. The first-order valence-corrected chi connectivity index (χ1v) is 6.16. The first-order chi connectivity index (χ1) is 7.24. The van der Waals surface area contributed by atoms with Gasteiger partial charge in [-0.25, -0.2) is 0 Å². The molecule has 0 radical (unpaired) electrons. The van der Waals surface area contributed by atoms with E-state index in [1.807, 2.05) is 37.4 Å². The highest BCUT2D eigenvalue weighted by molar-refractivity contribution is 7.99. The van der Waals surface area contributed by atoms with Crippen molar-refractivity contribution >= 4 is 28.4 Å². The molecule has 0 spiro atoms. The number of aromatic nitrogens is 1. The predicted molar refractivity (Wildman–Crippen MR) is 65.6 cm³/mol. The minimum atomic E-state index is 0.0178. The van der Waals surface area contributed by atoms with Crippen LogP contribution in [0.25, 0.3) is 10.9 Å². The van der Waals surface area contributed by atoms with Gasteiger partial charge < -0.3 is 4.98 Å². The molecule has 2 aromatic rings. The zero-order valence-electron chi connectivity index (χ0n) is 8.78. The van der Waals surface area contributed by atoms with Gasteiger partial charge in [-0.05, 0) is 19.2 Å². The fourth-order valence-corrected chi connectivity index (χ4v) is 1.94. The number of carbonyl (C=O) groups excluding carboxylic acids is 1. The van der Waals surface area contributed by atoms with Crippen LogP contribution >= 0.6 is 11.8 Å². The summed E-state index contributed by atoms with van der Waals surface area (Å²) in [5.41, 5.74) is 1.82. The highest BCUT2D eigenvalue weighted by Crippen LogP contribution is 2.21. The van der Waals surface area contributed by atoms with E-state index in [2.05, 4.69) is 4.98 Å². The van der Waals surface area contributed by atoms with Crippen LogP contribution in [0.15, 0.2) is 30.5 Å². The number of thioether (sulfide) groups is 1. The summed E-state index contributed by atoms with van der Waals surface area (Å²) in [5, 5.41) is 1.03. The van der Waals surface area contributed by atoms with Crippen molar-refractivity contribution < 1.29 is 4.79 Å². The summed E-state index contributed by atoms with van der Waals surface area (Å²) in [5.74, 6) is 0.194. The number of rotatable bonds is 3. The Labute approximate surface area is 93.1 Å². The van der Waals surface area contributed by atoms with Gasteiger partial charge >= 0.3 is 0 Å². The predicted octanol–water partition coefficient (Wildman–Crippen LogP) is 3.10. The van der Waals surface area contributed by atoms with Crippen LogP contribution in [0.5, 0.6) is 0 Å². The van der Waals surface area contributed by atoms with Crippen molar-refractivity contribution in [3.8, 4) is 0 Å². The molecule has 0 bridgehead atoms. The van der Waals surface area contributed by atoms with Crippen molar-refractivity contribution in [3.05, 3.63) is 36.0 Å². The number of para-hydroxylation sites is 1. The Morgan fingerprint density at radius 2 is 2.13 bits per heavy atom. The van der Waals surface area contributed by atoms with E-state index in [9.17, 15) is 4.79 Å². The quantitative estimate of drug-likeness (QED) is 0.805. The van der Waals surface area contributed by atoms with Gasteiger partial charge in [-0.1, -0.05) is 18.2 Å². The molecule has 0 aliphatic rings. The van der Waals surface area contributed by atoms with Gasteiger partial charge in [0.05, 0.1) is 5.25 Å². The zero-order chi connectivity index (χ0) is 10.8. The van der Waals surface area contributed by atoms with E-state index < -0.39 is 0 Å². The van der Waals surface area contributed by atoms with Crippen LogP contribution in [0.4, 0.5) is 0 Å². The Hall–Kier alpha value is -1.22. The summed E-state index contributed by atoms with van der Waals surface area (Å²) >= 11 is 1.58. The van der Waals surface area contributed by atoms with E-state index in [1.54, 1.807) is 18.0 Å². The molecule has 2 nitrogen and oxygen atoms in total. The van der Waals surface area contributed by atoms with E-state index in [0.29, 0.717) is 0 Å². The molecule has 0 saturated heterocycles. The fraction of sp³-hybridized carbons (Fsp3) is 0.250. The van der Waals surface area contributed by atoms with E-state index in [0.717, 1.165) is 16.5 Å².